The first-order chi connectivity index (χ1) is 9.59. The van der Waals surface area contributed by atoms with Crippen LogP contribution in [0.15, 0.2) is 48.5 Å². The SMILES string of the molecule is N[C@H]1C(=O)N(c2ccc(F)cc2)[C@H]1c1ccccc1F. The molecule has 102 valence electrons. The van der Waals surface area contributed by atoms with E-state index in [2.05, 4.69) is 0 Å². The molecule has 0 aromatic heterocycles. The number of rotatable bonds is 2. The highest BCUT2D eigenvalue weighted by Gasteiger charge is 2.47. The Kier molecular flexibility index (Phi) is 2.99. The summed E-state index contributed by atoms with van der Waals surface area (Å²) < 4.78 is 26.8. The summed E-state index contributed by atoms with van der Waals surface area (Å²) in [4.78, 5) is 13.3. The van der Waals surface area contributed by atoms with E-state index in [4.69, 9.17) is 5.73 Å². The van der Waals surface area contributed by atoms with E-state index in [1.807, 2.05) is 0 Å². The highest BCUT2D eigenvalue weighted by Crippen LogP contribution is 2.38. The number of nitrogens with two attached hydrogens (primary N) is 1. The second-order valence-electron chi connectivity index (χ2n) is 4.68. The average molecular weight is 274 g/mol. The molecule has 20 heavy (non-hydrogen) atoms. The van der Waals surface area contributed by atoms with E-state index < -0.39 is 23.7 Å². The first kappa shape index (κ1) is 12.7. The van der Waals surface area contributed by atoms with Gasteiger partial charge in [0.05, 0.1) is 6.04 Å². The standard InChI is InChI=1S/C15H12F2N2O/c16-9-5-7-10(8-6-9)19-14(13(18)15(19)20)11-3-1-2-4-12(11)17/h1-8,13-14H,18H2/t13-,14+/m1/s1. The smallest absolute Gasteiger partial charge is 0.247 e. The molecule has 0 aliphatic carbocycles. The summed E-state index contributed by atoms with van der Waals surface area (Å²) in [5.74, 6) is -1.11. The molecule has 3 rings (SSSR count). The lowest BCUT2D eigenvalue weighted by atomic mass is 9.88. The van der Waals surface area contributed by atoms with Gasteiger partial charge in [-0.15, -0.1) is 0 Å². The van der Waals surface area contributed by atoms with Crippen LogP contribution in [-0.2, 0) is 4.79 Å². The molecule has 0 spiro atoms. The van der Waals surface area contributed by atoms with Crippen molar-refractivity contribution in [3.8, 4) is 0 Å². The molecule has 1 amide bonds. The Labute approximate surface area is 114 Å². The van der Waals surface area contributed by atoms with E-state index in [1.54, 1.807) is 18.2 Å². The zero-order chi connectivity index (χ0) is 14.3. The minimum Gasteiger partial charge on any atom is -0.318 e. The molecule has 1 fully saturated rings. The highest BCUT2D eigenvalue weighted by molar-refractivity contribution is 6.05. The lowest BCUT2D eigenvalue weighted by Crippen LogP contribution is -2.63. The molecule has 2 atom stereocenters. The molecule has 0 bridgehead atoms. The first-order valence-corrected chi connectivity index (χ1v) is 6.18. The number of halogens is 2. The van der Waals surface area contributed by atoms with E-state index in [0.717, 1.165) is 0 Å². The fraction of sp³-hybridized carbons (Fsp3) is 0.133. The maximum atomic E-state index is 13.9. The molecule has 0 radical (unpaired) electrons. The second-order valence-corrected chi connectivity index (χ2v) is 4.68. The Morgan fingerprint density at radius 3 is 2.30 bits per heavy atom. The fourth-order valence-electron chi connectivity index (χ4n) is 2.45. The van der Waals surface area contributed by atoms with Crippen molar-refractivity contribution < 1.29 is 13.6 Å². The number of β-lactam (4-membered cyclic amide) rings is 1. The maximum absolute atomic E-state index is 13.9. The predicted molar refractivity (Wildman–Crippen MR) is 71.0 cm³/mol. The van der Waals surface area contributed by atoms with Crippen LogP contribution in [0.2, 0.25) is 0 Å². The third-order valence-corrected chi connectivity index (χ3v) is 3.47. The second kappa shape index (κ2) is 4.68. The Bertz CT molecular complexity index is 657. The van der Waals surface area contributed by atoms with Crippen molar-refractivity contribution in [2.24, 2.45) is 5.73 Å². The normalized spacial score (nSPS) is 21.8. The van der Waals surface area contributed by atoms with Crippen molar-refractivity contribution in [2.75, 3.05) is 4.90 Å². The summed E-state index contributed by atoms with van der Waals surface area (Å²) in [7, 11) is 0. The summed E-state index contributed by atoms with van der Waals surface area (Å²) in [5, 5.41) is 0. The van der Waals surface area contributed by atoms with Gasteiger partial charge in [-0.1, -0.05) is 18.2 Å². The summed E-state index contributed by atoms with van der Waals surface area (Å²) in [6.07, 6.45) is 0. The lowest BCUT2D eigenvalue weighted by molar-refractivity contribution is -0.126. The lowest BCUT2D eigenvalue weighted by Gasteiger charge is -2.45. The Morgan fingerprint density at radius 1 is 1.00 bits per heavy atom. The van der Waals surface area contributed by atoms with E-state index in [0.29, 0.717) is 11.3 Å². The van der Waals surface area contributed by atoms with Crippen LogP contribution in [0.4, 0.5) is 14.5 Å². The largest absolute Gasteiger partial charge is 0.318 e. The topological polar surface area (TPSA) is 46.3 Å². The zero-order valence-corrected chi connectivity index (χ0v) is 10.5. The molecule has 0 saturated carbocycles. The summed E-state index contributed by atoms with van der Waals surface area (Å²) in [6, 6.07) is 10.3. The average Bonchev–Trinajstić information content (AvgIpc) is 2.46. The number of benzene rings is 2. The number of amides is 1. The van der Waals surface area contributed by atoms with Crippen LogP contribution in [0, 0.1) is 11.6 Å². The molecule has 3 nitrogen and oxygen atoms in total. The Morgan fingerprint density at radius 2 is 1.65 bits per heavy atom. The Hall–Kier alpha value is -2.27. The number of nitrogens with zero attached hydrogens (tertiary/aromatic N) is 1. The van der Waals surface area contributed by atoms with E-state index in [9.17, 15) is 13.6 Å². The maximum Gasteiger partial charge on any atom is 0.247 e. The fourth-order valence-corrected chi connectivity index (χ4v) is 2.45. The highest BCUT2D eigenvalue weighted by atomic mass is 19.1. The van der Waals surface area contributed by atoms with Crippen LogP contribution in [0.25, 0.3) is 0 Å². The summed E-state index contributed by atoms with van der Waals surface area (Å²) in [6.45, 7) is 0. The monoisotopic (exact) mass is 274 g/mol. The van der Waals surface area contributed by atoms with Crippen molar-refractivity contribution in [1.29, 1.82) is 0 Å². The molecule has 1 saturated heterocycles. The van der Waals surface area contributed by atoms with Crippen molar-refractivity contribution in [3.63, 3.8) is 0 Å². The van der Waals surface area contributed by atoms with Gasteiger partial charge in [-0.2, -0.15) is 0 Å². The molecule has 2 aromatic carbocycles. The van der Waals surface area contributed by atoms with Gasteiger partial charge >= 0.3 is 0 Å². The van der Waals surface area contributed by atoms with Gasteiger partial charge < -0.3 is 10.6 Å². The minimum absolute atomic E-state index is 0.301. The molecule has 5 heteroatoms. The molecule has 2 N–H and O–H groups in total. The summed E-state index contributed by atoms with van der Waals surface area (Å²) in [5.41, 5.74) is 6.66. The van der Waals surface area contributed by atoms with Crippen molar-refractivity contribution >= 4 is 11.6 Å². The van der Waals surface area contributed by atoms with Gasteiger partial charge in [0.15, 0.2) is 0 Å². The molecule has 0 unspecified atom stereocenters. The van der Waals surface area contributed by atoms with E-state index >= 15 is 0 Å². The van der Waals surface area contributed by atoms with E-state index in [1.165, 1.54) is 35.2 Å². The minimum atomic E-state index is -0.781. The van der Waals surface area contributed by atoms with Gasteiger partial charge in [-0.25, -0.2) is 8.78 Å². The third kappa shape index (κ3) is 1.87. The van der Waals surface area contributed by atoms with Gasteiger partial charge in [0, 0.05) is 11.3 Å². The third-order valence-electron chi connectivity index (χ3n) is 3.47. The van der Waals surface area contributed by atoms with Crippen LogP contribution >= 0.6 is 0 Å². The summed E-state index contributed by atoms with van der Waals surface area (Å²) >= 11 is 0. The zero-order valence-electron chi connectivity index (χ0n) is 10.5. The predicted octanol–water partition coefficient (Wildman–Crippen LogP) is 2.38. The van der Waals surface area contributed by atoms with Crippen molar-refractivity contribution in [3.05, 3.63) is 65.7 Å². The molecule has 2 aromatic rings. The number of carbonyl (C=O) groups excluding carboxylic acids is 1. The van der Waals surface area contributed by atoms with E-state index in [-0.39, 0.29) is 5.91 Å². The van der Waals surface area contributed by atoms with Gasteiger partial charge in [0.25, 0.3) is 0 Å². The van der Waals surface area contributed by atoms with Gasteiger partial charge in [-0.3, -0.25) is 4.79 Å². The van der Waals surface area contributed by atoms with Crippen LogP contribution in [0.1, 0.15) is 11.6 Å². The first-order valence-electron chi connectivity index (χ1n) is 6.18. The molecular formula is C15H12F2N2O. The van der Waals surface area contributed by atoms with Crippen LogP contribution in [-0.4, -0.2) is 11.9 Å². The van der Waals surface area contributed by atoms with Gasteiger partial charge in [-0.05, 0) is 30.3 Å². The molecule has 1 heterocycles. The number of hydrogen-bond donors (Lipinski definition) is 1. The van der Waals surface area contributed by atoms with Crippen molar-refractivity contribution in [1.82, 2.24) is 0 Å². The molecular weight excluding hydrogens is 262 g/mol. The Balaban J connectivity index is 2.00. The van der Waals surface area contributed by atoms with Crippen molar-refractivity contribution in [2.45, 2.75) is 12.1 Å². The van der Waals surface area contributed by atoms with Gasteiger partial charge in [0.2, 0.25) is 5.91 Å². The number of carbonyl (C=O) groups is 1. The number of anilines is 1. The molecule has 1 aliphatic heterocycles. The number of hydrogen-bond acceptors (Lipinski definition) is 2. The van der Waals surface area contributed by atoms with Gasteiger partial charge in [0.1, 0.15) is 17.7 Å². The van der Waals surface area contributed by atoms with Crippen LogP contribution in [0.3, 0.4) is 0 Å². The molecule has 1 aliphatic rings. The van der Waals surface area contributed by atoms with Crippen LogP contribution in [0.5, 0.6) is 0 Å². The van der Waals surface area contributed by atoms with Crippen LogP contribution < -0.4 is 10.6 Å². The quantitative estimate of drug-likeness (QED) is 0.855.